The zero-order valence-electron chi connectivity index (χ0n) is 16.0. The molecular weight excluding hydrogens is 348 g/mol. The van der Waals surface area contributed by atoms with Crippen LogP contribution in [0.1, 0.15) is 40.7 Å². The Labute approximate surface area is 158 Å². The Morgan fingerprint density at radius 2 is 2.15 bits per heavy atom. The van der Waals surface area contributed by atoms with Crippen LogP contribution in [0.3, 0.4) is 0 Å². The van der Waals surface area contributed by atoms with E-state index in [1.807, 2.05) is 26.0 Å². The number of ether oxygens (including phenoxy) is 3. The van der Waals surface area contributed by atoms with E-state index >= 15 is 0 Å². The molecule has 0 spiro atoms. The van der Waals surface area contributed by atoms with Gasteiger partial charge in [0, 0.05) is 30.1 Å². The first kappa shape index (κ1) is 17.7. The minimum Gasteiger partial charge on any atom is -0.492 e. The molecule has 3 heterocycles. The lowest BCUT2D eigenvalue weighted by molar-refractivity contribution is 0.170. The van der Waals surface area contributed by atoms with Crippen LogP contribution in [0.2, 0.25) is 0 Å². The van der Waals surface area contributed by atoms with E-state index < -0.39 is 0 Å². The summed E-state index contributed by atoms with van der Waals surface area (Å²) in [7, 11) is 3.72. The maximum Gasteiger partial charge on any atom is 0.231 e. The molecule has 7 heteroatoms. The van der Waals surface area contributed by atoms with Gasteiger partial charge in [-0.2, -0.15) is 0 Å². The molecule has 144 valence electrons. The lowest BCUT2D eigenvalue weighted by Crippen LogP contribution is -2.34. The van der Waals surface area contributed by atoms with Crippen LogP contribution in [0, 0.1) is 13.8 Å². The van der Waals surface area contributed by atoms with Gasteiger partial charge in [-0.25, -0.2) is 0 Å². The molecule has 0 fully saturated rings. The lowest BCUT2D eigenvalue weighted by Gasteiger charge is -2.36. The van der Waals surface area contributed by atoms with Gasteiger partial charge in [-0.05, 0) is 45.0 Å². The molecule has 2 aliphatic heterocycles. The van der Waals surface area contributed by atoms with Crippen molar-refractivity contribution in [3.63, 3.8) is 0 Å². The Bertz CT molecular complexity index is 902. The third-order valence-corrected chi connectivity index (χ3v) is 5.41. The van der Waals surface area contributed by atoms with Crippen molar-refractivity contribution in [2.75, 3.05) is 27.5 Å². The summed E-state index contributed by atoms with van der Waals surface area (Å²) in [5, 5.41) is 13.3. The predicted molar refractivity (Wildman–Crippen MR) is 99.3 cm³/mol. The first-order valence-electron chi connectivity index (χ1n) is 9.01. The van der Waals surface area contributed by atoms with Crippen molar-refractivity contribution < 1.29 is 23.8 Å². The number of fused-ring (bicyclic) bond motifs is 2. The van der Waals surface area contributed by atoms with E-state index in [0.29, 0.717) is 23.6 Å². The van der Waals surface area contributed by atoms with Crippen molar-refractivity contribution in [2.45, 2.75) is 32.7 Å². The van der Waals surface area contributed by atoms with Gasteiger partial charge in [0.15, 0.2) is 11.5 Å². The van der Waals surface area contributed by atoms with Crippen LogP contribution >= 0.6 is 0 Å². The molecule has 0 unspecified atom stereocenters. The summed E-state index contributed by atoms with van der Waals surface area (Å²) in [4.78, 5) is 2.25. The van der Waals surface area contributed by atoms with Crippen molar-refractivity contribution in [1.82, 2.24) is 4.90 Å². The second kappa shape index (κ2) is 6.81. The smallest absolute Gasteiger partial charge is 0.231 e. The highest BCUT2D eigenvalue weighted by Crippen LogP contribution is 2.50. The molecule has 0 radical (unpaired) electrons. The average Bonchev–Trinajstić information content (AvgIpc) is 3.25. The average molecular weight is 372 g/mol. The summed E-state index contributed by atoms with van der Waals surface area (Å²) in [6.45, 7) is 4.86. The number of benzene rings is 1. The number of oxime groups is 1. The van der Waals surface area contributed by atoms with E-state index in [4.69, 9.17) is 18.6 Å². The number of nitrogens with zero attached hydrogens (tertiary/aromatic N) is 2. The van der Waals surface area contributed by atoms with Gasteiger partial charge in [0.05, 0.1) is 12.8 Å². The van der Waals surface area contributed by atoms with Crippen LogP contribution in [0.15, 0.2) is 21.7 Å². The van der Waals surface area contributed by atoms with Crippen LogP contribution in [0.25, 0.3) is 0 Å². The summed E-state index contributed by atoms with van der Waals surface area (Å²) in [5.41, 5.74) is 3.66. The van der Waals surface area contributed by atoms with Gasteiger partial charge in [-0.1, -0.05) is 5.16 Å². The topological polar surface area (TPSA) is 76.7 Å². The quantitative estimate of drug-likeness (QED) is 0.503. The number of hydrogen-bond donors (Lipinski definition) is 1. The number of aryl methyl sites for hydroxylation is 2. The van der Waals surface area contributed by atoms with Gasteiger partial charge in [0.2, 0.25) is 12.5 Å². The summed E-state index contributed by atoms with van der Waals surface area (Å²) in [6, 6.07) is 3.94. The molecular formula is C20H24N2O5. The van der Waals surface area contributed by atoms with Gasteiger partial charge in [-0.15, -0.1) is 0 Å². The van der Waals surface area contributed by atoms with Crippen molar-refractivity contribution in [3.8, 4) is 17.2 Å². The number of likely N-dealkylation sites (N-methyl/N-ethyl adjacent to an activating group) is 1. The normalized spacial score (nSPS) is 19.3. The van der Waals surface area contributed by atoms with E-state index in [1.54, 1.807) is 7.11 Å². The molecule has 1 N–H and O–H groups in total. The largest absolute Gasteiger partial charge is 0.492 e. The SMILES string of the molecule is COc1c2c(cc3c1[C@@H](CC(=NO)c1cc(C)oc1C)N(C)CC3)OCO2. The Hall–Kier alpha value is -2.67. The van der Waals surface area contributed by atoms with Gasteiger partial charge in [0.1, 0.15) is 11.5 Å². The third kappa shape index (κ3) is 2.92. The third-order valence-electron chi connectivity index (χ3n) is 5.41. The number of methoxy groups -OCH3 is 1. The summed E-state index contributed by atoms with van der Waals surface area (Å²) < 4.78 is 22.6. The molecule has 1 atom stereocenters. The van der Waals surface area contributed by atoms with E-state index in [2.05, 4.69) is 17.1 Å². The van der Waals surface area contributed by atoms with E-state index in [9.17, 15) is 5.21 Å². The van der Waals surface area contributed by atoms with Crippen molar-refractivity contribution >= 4 is 5.71 Å². The highest BCUT2D eigenvalue weighted by atomic mass is 16.7. The highest BCUT2D eigenvalue weighted by molar-refractivity contribution is 6.01. The summed E-state index contributed by atoms with van der Waals surface area (Å²) >= 11 is 0. The van der Waals surface area contributed by atoms with Gasteiger partial charge in [-0.3, -0.25) is 4.90 Å². The first-order valence-corrected chi connectivity index (χ1v) is 9.01. The van der Waals surface area contributed by atoms with Crippen LogP contribution < -0.4 is 14.2 Å². The molecule has 1 aromatic heterocycles. The minimum atomic E-state index is -0.0151. The molecule has 0 saturated heterocycles. The Balaban J connectivity index is 1.77. The van der Waals surface area contributed by atoms with Crippen LogP contribution in [-0.4, -0.2) is 43.3 Å². The predicted octanol–water partition coefficient (Wildman–Crippen LogP) is 3.43. The molecule has 1 aromatic carbocycles. The fourth-order valence-corrected chi connectivity index (χ4v) is 4.09. The van der Waals surface area contributed by atoms with E-state index in [0.717, 1.165) is 41.4 Å². The maximum absolute atomic E-state index is 9.71. The second-order valence-electron chi connectivity index (χ2n) is 7.04. The molecule has 2 aliphatic rings. The first-order chi connectivity index (χ1) is 13.0. The number of rotatable bonds is 4. The van der Waals surface area contributed by atoms with Gasteiger partial charge < -0.3 is 23.8 Å². The van der Waals surface area contributed by atoms with Crippen molar-refractivity contribution in [1.29, 1.82) is 0 Å². The molecule has 2 aromatic rings. The van der Waals surface area contributed by atoms with Crippen molar-refractivity contribution in [3.05, 3.63) is 40.3 Å². The molecule has 0 saturated carbocycles. The Kier molecular flexibility index (Phi) is 4.47. The molecule has 7 nitrogen and oxygen atoms in total. The highest BCUT2D eigenvalue weighted by Gasteiger charge is 2.35. The zero-order chi connectivity index (χ0) is 19.1. The standard InChI is InChI=1S/C20H24N2O5/c1-11-7-14(12(2)27-11)15(21-23)9-16-18-13(5-6-22(16)3)8-17-19(20(18)24-4)26-10-25-17/h7-8,16,23H,5-6,9-10H2,1-4H3/t16-/m1/s1. The number of hydrogen-bond acceptors (Lipinski definition) is 7. The van der Waals surface area contributed by atoms with E-state index in [-0.39, 0.29) is 12.8 Å². The maximum atomic E-state index is 9.71. The van der Waals surface area contributed by atoms with Gasteiger partial charge in [0.25, 0.3) is 0 Å². The lowest BCUT2D eigenvalue weighted by atomic mass is 9.87. The molecule has 27 heavy (non-hydrogen) atoms. The Morgan fingerprint density at radius 1 is 1.33 bits per heavy atom. The molecule has 0 aliphatic carbocycles. The molecule has 0 bridgehead atoms. The summed E-state index contributed by atoms with van der Waals surface area (Å²) in [5.74, 6) is 3.62. The van der Waals surface area contributed by atoms with Crippen molar-refractivity contribution in [2.24, 2.45) is 5.16 Å². The molecule has 0 amide bonds. The van der Waals surface area contributed by atoms with Crippen LogP contribution in [0.4, 0.5) is 0 Å². The zero-order valence-corrected chi connectivity index (χ0v) is 16.0. The van der Waals surface area contributed by atoms with Crippen LogP contribution in [-0.2, 0) is 6.42 Å². The Morgan fingerprint density at radius 3 is 2.81 bits per heavy atom. The monoisotopic (exact) mass is 372 g/mol. The van der Waals surface area contributed by atoms with Crippen LogP contribution in [0.5, 0.6) is 17.2 Å². The second-order valence-corrected chi connectivity index (χ2v) is 7.04. The fourth-order valence-electron chi connectivity index (χ4n) is 4.09. The summed E-state index contributed by atoms with van der Waals surface area (Å²) in [6.07, 6.45) is 1.42. The van der Waals surface area contributed by atoms with E-state index in [1.165, 1.54) is 5.56 Å². The molecule has 4 rings (SSSR count). The minimum absolute atomic E-state index is 0.0151. The fraction of sp³-hybridized carbons (Fsp3) is 0.450. The van der Waals surface area contributed by atoms with Gasteiger partial charge >= 0.3 is 0 Å². The number of furan rings is 1.